The number of aryl methyl sites for hydroxylation is 1. The van der Waals surface area contributed by atoms with Gasteiger partial charge in [0.2, 0.25) is 5.91 Å². The van der Waals surface area contributed by atoms with Gasteiger partial charge in [-0.15, -0.1) is 0 Å². The van der Waals surface area contributed by atoms with Crippen molar-refractivity contribution in [3.05, 3.63) is 41.5 Å². The quantitative estimate of drug-likeness (QED) is 0.740. The predicted octanol–water partition coefficient (Wildman–Crippen LogP) is 2.24. The van der Waals surface area contributed by atoms with Crippen LogP contribution in [0.5, 0.6) is 0 Å². The van der Waals surface area contributed by atoms with Gasteiger partial charge < -0.3 is 10.4 Å². The van der Waals surface area contributed by atoms with E-state index < -0.39 is 5.97 Å². The molecule has 0 unspecified atom stereocenters. The SMILES string of the molecule is CC(=O)NCCC=Cc1ccccc1CCC(=O)O. The number of carbonyl (C=O) groups is 2. The van der Waals surface area contributed by atoms with Crippen molar-refractivity contribution in [3.63, 3.8) is 0 Å². The van der Waals surface area contributed by atoms with Crippen molar-refractivity contribution in [1.82, 2.24) is 5.32 Å². The summed E-state index contributed by atoms with van der Waals surface area (Å²) in [6.45, 7) is 2.11. The number of carboxylic acid groups (broad SMARTS) is 1. The fraction of sp³-hybridized carbons (Fsp3) is 0.333. The Balaban J connectivity index is 2.54. The third-order valence-electron chi connectivity index (χ3n) is 2.65. The molecule has 0 aliphatic heterocycles. The van der Waals surface area contributed by atoms with Crippen LogP contribution in [0.4, 0.5) is 0 Å². The van der Waals surface area contributed by atoms with Crippen LogP contribution in [0.2, 0.25) is 0 Å². The average Bonchev–Trinajstić information content (AvgIpc) is 2.36. The molecule has 1 rings (SSSR count). The molecule has 0 aromatic heterocycles. The standard InChI is InChI=1S/C15H19NO3/c1-12(17)16-11-5-4-8-13-6-2-3-7-14(13)9-10-15(18)19/h2-4,6-8H,5,9-11H2,1H3,(H,16,17)(H,18,19). The second-order valence-electron chi connectivity index (χ2n) is 4.27. The molecule has 102 valence electrons. The second kappa shape index (κ2) is 8.08. The highest BCUT2D eigenvalue weighted by atomic mass is 16.4. The van der Waals surface area contributed by atoms with Crippen LogP contribution in [-0.2, 0) is 16.0 Å². The van der Waals surface area contributed by atoms with E-state index in [1.54, 1.807) is 0 Å². The van der Waals surface area contributed by atoms with Gasteiger partial charge in [0.1, 0.15) is 0 Å². The molecule has 1 aromatic carbocycles. The number of benzene rings is 1. The van der Waals surface area contributed by atoms with Crippen LogP contribution in [0.3, 0.4) is 0 Å². The molecular formula is C15H19NO3. The maximum Gasteiger partial charge on any atom is 0.303 e. The minimum atomic E-state index is -0.788. The van der Waals surface area contributed by atoms with Crippen LogP contribution in [0, 0.1) is 0 Å². The minimum absolute atomic E-state index is 0.0322. The Hall–Kier alpha value is -2.10. The highest BCUT2D eigenvalue weighted by molar-refractivity contribution is 5.72. The van der Waals surface area contributed by atoms with Crippen molar-refractivity contribution in [2.45, 2.75) is 26.2 Å². The van der Waals surface area contributed by atoms with Crippen molar-refractivity contribution < 1.29 is 14.7 Å². The Morgan fingerprint density at radius 3 is 2.74 bits per heavy atom. The first-order chi connectivity index (χ1) is 9.09. The van der Waals surface area contributed by atoms with Gasteiger partial charge in [0.25, 0.3) is 0 Å². The van der Waals surface area contributed by atoms with Gasteiger partial charge in [0.15, 0.2) is 0 Å². The summed E-state index contributed by atoms with van der Waals surface area (Å²) in [5, 5.41) is 11.4. The third kappa shape index (κ3) is 6.41. The first-order valence-corrected chi connectivity index (χ1v) is 6.30. The Labute approximate surface area is 113 Å². The molecule has 0 radical (unpaired) electrons. The van der Waals surface area contributed by atoms with Crippen LogP contribution >= 0.6 is 0 Å². The Morgan fingerprint density at radius 2 is 2.05 bits per heavy atom. The van der Waals surface area contributed by atoms with Gasteiger partial charge in [-0.05, 0) is 24.0 Å². The van der Waals surface area contributed by atoms with Crippen LogP contribution in [0.25, 0.3) is 6.08 Å². The van der Waals surface area contributed by atoms with Crippen LogP contribution < -0.4 is 5.32 Å². The molecule has 4 nitrogen and oxygen atoms in total. The number of rotatable bonds is 7. The monoisotopic (exact) mass is 261 g/mol. The van der Waals surface area contributed by atoms with Gasteiger partial charge in [-0.25, -0.2) is 0 Å². The zero-order chi connectivity index (χ0) is 14.1. The number of nitrogens with one attached hydrogen (secondary N) is 1. The first-order valence-electron chi connectivity index (χ1n) is 6.30. The summed E-state index contributed by atoms with van der Waals surface area (Å²) in [5.41, 5.74) is 2.06. The van der Waals surface area contributed by atoms with E-state index in [-0.39, 0.29) is 12.3 Å². The summed E-state index contributed by atoms with van der Waals surface area (Å²) in [5.74, 6) is -0.820. The largest absolute Gasteiger partial charge is 0.481 e. The zero-order valence-corrected chi connectivity index (χ0v) is 11.1. The van der Waals surface area contributed by atoms with E-state index in [1.165, 1.54) is 6.92 Å². The summed E-state index contributed by atoms with van der Waals surface area (Å²) in [7, 11) is 0. The predicted molar refractivity (Wildman–Crippen MR) is 74.7 cm³/mol. The van der Waals surface area contributed by atoms with E-state index in [9.17, 15) is 9.59 Å². The molecule has 0 saturated heterocycles. The van der Waals surface area contributed by atoms with Crippen molar-refractivity contribution in [2.75, 3.05) is 6.54 Å². The van der Waals surface area contributed by atoms with Gasteiger partial charge in [0, 0.05) is 19.9 Å². The lowest BCUT2D eigenvalue weighted by Crippen LogP contribution is -2.20. The van der Waals surface area contributed by atoms with Gasteiger partial charge in [-0.3, -0.25) is 9.59 Å². The Morgan fingerprint density at radius 1 is 1.32 bits per heavy atom. The molecule has 0 aliphatic carbocycles. The Bertz CT molecular complexity index is 466. The maximum atomic E-state index is 10.7. The lowest BCUT2D eigenvalue weighted by atomic mass is 10.0. The van der Waals surface area contributed by atoms with Gasteiger partial charge in [-0.2, -0.15) is 0 Å². The first kappa shape index (κ1) is 15.0. The van der Waals surface area contributed by atoms with Crippen molar-refractivity contribution in [1.29, 1.82) is 0 Å². The van der Waals surface area contributed by atoms with E-state index in [1.807, 2.05) is 36.4 Å². The zero-order valence-electron chi connectivity index (χ0n) is 11.1. The molecule has 2 N–H and O–H groups in total. The van der Waals surface area contributed by atoms with Crippen LogP contribution in [0.15, 0.2) is 30.3 Å². The van der Waals surface area contributed by atoms with Gasteiger partial charge in [0.05, 0.1) is 0 Å². The van der Waals surface area contributed by atoms with E-state index in [0.717, 1.165) is 17.5 Å². The number of amides is 1. The minimum Gasteiger partial charge on any atom is -0.481 e. The number of hydrogen-bond acceptors (Lipinski definition) is 2. The van der Waals surface area contributed by atoms with E-state index in [0.29, 0.717) is 13.0 Å². The maximum absolute atomic E-state index is 10.7. The smallest absolute Gasteiger partial charge is 0.303 e. The molecule has 19 heavy (non-hydrogen) atoms. The van der Waals surface area contributed by atoms with E-state index in [2.05, 4.69) is 5.32 Å². The highest BCUT2D eigenvalue weighted by Gasteiger charge is 2.02. The van der Waals surface area contributed by atoms with Crippen LogP contribution in [0.1, 0.15) is 30.9 Å². The third-order valence-corrected chi connectivity index (χ3v) is 2.65. The number of carboxylic acids is 1. The number of carbonyl (C=O) groups excluding carboxylic acids is 1. The fourth-order valence-corrected chi connectivity index (χ4v) is 1.71. The van der Waals surface area contributed by atoms with E-state index in [4.69, 9.17) is 5.11 Å². The molecule has 0 spiro atoms. The second-order valence-corrected chi connectivity index (χ2v) is 4.27. The van der Waals surface area contributed by atoms with Crippen molar-refractivity contribution >= 4 is 18.0 Å². The molecule has 1 amide bonds. The molecule has 0 bridgehead atoms. The molecule has 0 atom stereocenters. The summed E-state index contributed by atoms with van der Waals surface area (Å²) in [6, 6.07) is 7.74. The summed E-state index contributed by atoms with van der Waals surface area (Å²) < 4.78 is 0. The fourth-order valence-electron chi connectivity index (χ4n) is 1.71. The van der Waals surface area contributed by atoms with Crippen LogP contribution in [-0.4, -0.2) is 23.5 Å². The summed E-state index contributed by atoms with van der Waals surface area (Å²) in [6.07, 6.45) is 5.37. The molecule has 0 saturated carbocycles. The molecule has 0 heterocycles. The molecule has 1 aromatic rings. The lowest BCUT2D eigenvalue weighted by molar-refractivity contribution is -0.137. The van der Waals surface area contributed by atoms with Crippen molar-refractivity contribution in [3.8, 4) is 0 Å². The normalized spacial score (nSPS) is 10.6. The summed E-state index contributed by atoms with van der Waals surface area (Å²) >= 11 is 0. The highest BCUT2D eigenvalue weighted by Crippen LogP contribution is 2.13. The van der Waals surface area contributed by atoms with Gasteiger partial charge >= 0.3 is 5.97 Å². The molecule has 0 fully saturated rings. The summed E-state index contributed by atoms with van der Waals surface area (Å²) in [4.78, 5) is 21.3. The number of hydrogen-bond donors (Lipinski definition) is 2. The molecule has 4 heteroatoms. The number of aliphatic carboxylic acids is 1. The lowest BCUT2D eigenvalue weighted by Gasteiger charge is -2.04. The topological polar surface area (TPSA) is 66.4 Å². The molecular weight excluding hydrogens is 242 g/mol. The Kier molecular flexibility index (Phi) is 6.36. The van der Waals surface area contributed by atoms with Gasteiger partial charge in [-0.1, -0.05) is 36.4 Å². The molecule has 0 aliphatic rings. The van der Waals surface area contributed by atoms with Crippen molar-refractivity contribution in [2.24, 2.45) is 0 Å². The average molecular weight is 261 g/mol. The van der Waals surface area contributed by atoms with E-state index >= 15 is 0 Å².